The molecule has 0 aliphatic heterocycles. The zero-order chi connectivity index (χ0) is 14.7. The van der Waals surface area contributed by atoms with E-state index in [0.717, 1.165) is 15.6 Å². The van der Waals surface area contributed by atoms with E-state index in [0.29, 0.717) is 5.56 Å². The van der Waals surface area contributed by atoms with Gasteiger partial charge in [-0.3, -0.25) is 4.79 Å². The Morgan fingerprint density at radius 3 is 2.65 bits per heavy atom. The lowest BCUT2D eigenvalue weighted by Gasteiger charge is -2.15. The number of aryl methyl sites for hydroxylation is 1. The summed E-state index contributed by atoms with van der Waals surface area (Å²) in [5.74, 6) is -0.676. The molecule has 2 nitrogen and oxygen atoms in total. The van der Waals surface area contributed by atoms with Crippen LogP contribution in [0.15, 0.2) is 46.9 Å². The van der Waals surface area contributed by atoms with Gasteiger partial charge in [-0.05, 0) is 55.3 Å². The molecular weight excluding hydrogens is 321 g/mol. The van der Waals surface area contributed by atoms with Crippen LogP contribution in [0, 0.1) is 12.7 Å². The molecule has 1 amide bonds. The van der Waals surface area contributed by atoms with Crippen molar-refractivity contribution in [1.82, 2.24) is 5.32 Å². The van der Waals surface area contributed by atoms with Crippen molar-refractivity contribution >= 4 is 21.8 Å². The highest BCUT2D eigenvalue weighted by molar-refractivity contribution is 9.10. The fraction of sp³-hybridized carbons (Fsp3) is 0.188. The highest BCUT2D eigenvalue weighted by Gasteiger charge is 2.12. The number of hydrogen-bond acceptors (Lipinski definition) is 1. The van der Waals surface area contributed by atoms with Crippen molar-refractivity contribution in [3.05, 3.63) is 69.4 Å². The van der Waals surface area contributed by atoms with Crippen molar-refractivity contribution < 1.29 is 9.18 Å². The molecule has 0 heterocycles. The van der Waals surface area contributed by atoms with Gasteiger partial charge in [0.15, 0.2) is 0 Å². The number of hydrogen-bond donors (Lipinski definition) is 1. The molecule has 1 unspecified atom stereocenters. The average molecular weight is 336 g/mol. The maximum atomic E-state index is 13.3. The Bertz CT molecular complexity index is 622. The Kier molecular flexibility index (Phi) is 4.55. The van der Waals surface area contributed by atoms with Gasteiger partial charge in [-0.1, -0.05) is 28.1 Å². The van der Waals surface area contributed by atoms with E-state index in [1.165, 1.54) is 12.1 Å². The lowest BCUT2D eigenvalue weighted by Crippen LogP contribution is -2.26. The predicted molar refractivity (Wildman–Crippen MR) is 81.2 cm³/mol. The van der Waals surface area contributed by atoms with E-state index in [1.54, 1.807) is 13.0 Å². The van der Waals surface area contributed by atoms with E-state index in [4.69, 9.17) is 0 Å². The molecule has 0 saturated heterocycles. The summed E-state index contributed by atoms with van der Waals surface area (Å²) in [6, 6.07) is 11.9. The average Bonchev–Trinajstić information content (AvgIpc) is 2.37. The van der Waals surface area contributed by atoms with Crippen LogP contribution in [-0.4, -0.2) is 5.91 Å². The second-order valence-electron chi connectivity index (χ2n) is 4.77. The SMILES string of the molecule is Cc1cc(F)cc(C(=O)NC(C)c2cccc(Br)c2)c1. The zero-order valence-electron chi connectivity index (χ0n) is 11.3. The molecule has 0 saturated carbocycles. The monoisotopic (exact) mass is 335 g/mol. The predicted octanol–water partition coefficient (Wildman–Crippen LogP) is 4.39. The summed E-state index contributed by atoms with van der Waals surface area (Å²) in [7, 11) is 0. The van der Waals surface area contributed by atoms with Crippen molar-refractivity contribution in [2.24, 2.45) is 0 Å². The maximum Gasteiger partial charge on any atom is 0.251 e. The quantitative estimate of drug-likeness (QED) is 0.885. The number of carbonyl (C=O) groups is 1. The van der Waals surface area contributed by atoms with E-state index >= 15 is 0 Å². The maximum absolute atomic E-state index is 13.3. The molecule has 20 heavy (non-hydrogen) atoms. The van der Waals surface area contributed by atoms with Gasteiger partial charge >= 0.3 is 0 Å². The van der Waals surface area contributed by atoms with Gasteiger partial charge in [-0.25, -0.2) is 4.39 Å². The summed E-state index contributed by atoms with van der Waals surface area (Å²) < 4.78 is 14.3. The molecule has 1 N–H and O–H groups in total. The normalized spacial score (nSPS) is 12.0. The molecule has 2 aromatic rings. The first-order valence-corrected chi connectivity index (χ1v) is 7.08. The first kappa shape index (κ1) is 14.7. The molecule has 1 atom stereocenters. The Morgan fingerprint density at radius 2 is 2.00 bits per heavy atom. The molecule has 0 aromatic heterocycles. The van der Waals surface area contributed by atoms with Crippen LogP contribution in [0.5, 0.6) is 0 Å². The Balaban J connectivity index is 2.15. The molecule has 0 radical (unpaired) electrons. The minimum absolute atomic E-state index is 0.149. The molecule has 104 valence electrons. The first-order valence-electron chi connectivity index (χ1n) is 6.29. The van der Waals surface area contributed by atoms with Crippen LogP contribution in [0.1, 0.15) is 34.5 Å². The minimum Gasteiger partial charge on any atom is -0.346 e. The third-order valence-corrected chi connectivity index (χ3v) is 3.49. The van der Waals surface area contributed by atoms with Gasteiger partial charge in [0.2, 0.25) is 0 Å². The molecular formula is C16H15BrFNO. The highest BCUT2D eigenvalue weighted by Crippen LogP contribution is 2.18. The van der Waals surface area contributed by atoms with Gasteiger partial charge in [0.1, 0.15) is 5.82 Å². The summed E-state index contributed by atoms with van der Waals surface area (Å²) in [6.07, 6.45) is 0. The van der Waals surface area contributed by atoms with Crippen LogP contribution in [0.2, 0.25) is 0 Å². The van der Waals surface area contributed by atoms with Crippen molar-refractivity contribution in [1.29, 1.82) is 0 Å². The summed E-state index contributed by atoms with van der Waals surface area (Å²) in [4.78, 5) is 12.1. The topological polar surface area (TPSA) is 29.1 Å². The fourth-order valence-corrected chi connectivity index (χ4v) is 2.42. The van der Waals surface area contributed by atoms with Crippen LogP contribution in [0.4, 0.5) is 4.39 Å². The van der Waals surface area contributed by atoms with Crippen molar-refractivity contribution in [2.75, 3.05) is 0 Å². The summed E-state index contributed by atoms with van der Waals surface area (Å²) >= 11 is 3.40. The van der Waals surface area contributed by atoms with E-state index in [2.05, 4.69) is 21.2 Å². The van der Waals surface area contributed by atoms with Gasteiger partial charge < -0.3 is 5.32 Å². The molecule has 0 aliphatic rings. The number of amides is 1. The van der Waals surface area contributed by atoms with E-state index in [-0.39, 0.29) is 11.9 Å². The molecule has 2 rings (SSSR count). The van der Waals surface area contributed by atoms with Gasteiger partial charge in [0.25, 0.3) is 5.91 Å². The minimum atomic E-state index is -0.398. The van der Waals surface area contributed by atoms with Crippen molar-refractivity contribution in [2.45, 2.75) is 19.9 Å². The van der Waals surface area contributed by atoms with Crippen molar-refractivity contribution in [3.63, 3.8) is 0 Å². The molecule has 0 bridgehead atoms. The summed E-state index contributed by atoms with van der Waals surface area (Å²) in [5, 5.41) is 2.87. The standard InChI is InChI=1S/C16H15BrFNO/c1-10-6-13(9-15(18)7-10)16(20)19-11(2)12-4-3-5-14(17)8-12/h3-9,11H,1-2H3,(H,19,20). The molecule has 0 aliphatic carbocycles. The Labute approximate surface area is 126 Å². The second-order valence-corrected chi connectivity index (χ2v) is 5.68. The van der Waals surface area contributed by atoms with Crippen LogP contribution in [-0.2, 0) is 0 Å². The molecule has 2 aromatic carbocycles. The zero-order valence-corrected chi connectivity index (χ0v) is 12.9. The number of nitrogens with one attached hydrogen (secondary N) is 1. The van der Waals surface area contributed by atoms with Gasteiger partial charge in [-0.2, -0.15) is 0 Å². The van der Waals surface area contributed by atoms with Crippen molar-refractivity contribution in [3.8, 4) is 0 Å². The smallest absolute Gasteiger partial charge is 0.251 e. The van der Waals surface area contributed by atoms with Gasteiger partial charge in [0.05, 0.1) is 6.04 Å². The highest BCUT2D eigenvalue weighted by atomic mass is 79.9. The number of carbonyl (C=O) groups excluding carboxylic acids is 1. The molecule has 0 fully saturated rings. The summed E-state index contributed by atoms with van der Waals surface area (Å²) in [5.41, 5.74) is 2.05. The number of rotatable bonds is 3. The second kappa shape index (κ2) is 6.18. The lowest BCUT2D eigenvalue weighted by atomic mass is 10.1. The number of benzene rings is 2. The first-order chi connectivity index (χ1) is 9.45. The van der Waals surface area contributed by atoms with Gasteiger partial charge in [-0.15, -0.1) is 0 Å². The lowest BCUT2D eigenvalue weighted by molar-refractivity contribution is 0.0939. The largest absolute Gasteiger partial charge is 0.346 e. The summed E-state index contributed by atoms with van der Waals surface area (Å²) in [6.45, 7) is 3.66. The molecule has 4 heteroatoms. The van der Waals surface area contributed by atoms with E-state index < -0.39 is 5.82 Å². The van der Waals surface area contributed by atoms with Crippen LogP contribution in [0.25, 0.3) is 0 Å². The Hall–Kier alpha value is -1.68. The van der Waals surface area contributed by atoms with E-state index in [1.807, 2.05) is 31.2 Å². The van der Waals surface area contributed by atoms with Gasteiger partial charge in [0, 0.05) is 10.0 Å². The van der Waals surface area contributed by atoms with Crippen LogP contribution < -0.4 is 5.32 Å². The Morgan fingerprint density at radius 1 is 1.25 bits per heavy atom. The molecule has 0 spiro atoms. The van der Waals surface area contributed by atoms with Crippen LogP contribution in [0.3, 0.4) is 0 Å². The third-order valence-electron chi connectivity index (χ3n) is 3.00. The van der Waals surface area contributed by atoms with Crippen LogP contribution >= 0.6 is 15.9 Å². The number of halogens is 2. The fourth-order valence-electron chi connectivity index (χ4n) is 2.01. The van der Waals surface area contributed by atoms with E-state index in [9.17, 15) is 9.18 Å². The third kappa shape index (κ3) is 3.67.